The first-order chi connectivity index (χ1) is 12.7. The Morgan fingerprint density at radius 1 is 1.15 bits per heavy atom. The molecular weight excluding hydrogens is 346 g/mol. The predicted molar refractivity (Wildman–Crippen MR) is 104 cm³/mol. The molecule has 0 aromatic carbocycles. The molecule has 3 aromatic rings. The van der Waals surface area contributed by atoms with E-state index < -0.39 is 0 Å². The highest BCUT2D eigenvalue weighted by Gasteiger charge is 2.29. The maximum atomic E-state index is 12.9. The van der Waals surface area contributed by atoms with Crippen LogP contribution in [0.5, 0.6) is 0 Å². The predicted octanol–water partition coefficient (Wildman–Crippen LogP) is 4.25. The molecule has 1 fully saturated rings. The molecule has 0 radical (unpaired) electrons. The number of amides is 1. The summed E-state index contributed by atoms with van der Waals surface area (Å²) in [6.07, 6.45) is 8.10. The van der Waals surface area contributed by atoms with Crippen LogP contribution in [0.2, 0.25) is 0 Å². The number of fused-ring (bicyclic) bond motifs is 3. The van der Waals surface area contributed by atoms with Crippen molar-refractivity contribution in [1.29, 1.82) is 0 Å². The fraction of sp³-hybridized carbons (Fsp3) is 0.400. The van der Waals surface area contributed by atoms with Gasteiger partial charge < -0.3 is 15.1 Å². The van der Waals surface area contributed by atoms with Gasteiger partial charge in [-0.1, -0.05) is 0 Å². The fourth-order valence-corrected chi connectivity index (χ4v) is 5.35. The number of likely N-dealkylation sites (tertiary alicyclic amines) is 1. The molecule has 1 amide bonds. The van der Waals surface area contributed by atoms with Crippen molar-refractivity contribution in [2.24, 2.45) is 0 Å². The van der Waals surface area contributed by atoms with Gasteiger partial charge in [0.1, 0.15) is 15.4 Å². The van der Waals surface area contributed by atoms with E-state index in [0.29, 0.717) is 10.6 Å². The summed E-state index contributed by atoms with van der Waals surface area (Å²) < 4.78 is 5.64. The summed E-state index contributed by atoms with van der Waals surface area (Å²) in [6.45, 7) is 1.66. The lowest BCUT2D eigenvalue weighted by atomic mass is 9.88. The highest BCUT2D eigenvalue weighted by Crippen LogP contribution is 2.42. The van der Waals surface area contributed by atoms with Crippen LogP contribution < -0.4 is 5.73 Å². The Bertz CT molecular complexity index is 985. The molecule has 3 aromatic heterocycles. The molecule has 0 spiro atoms. The Morgan fingerprint density at radius 2 is 1.92 bits per heavy atom. The maximum Gasteiger partial charge on any atom is 0.266 e. The molecule has 0 bridgehead atoms. The Balaban J connectivity index is 1.72. The normalized spacial score (nSPS) is 17.0. The first-order valence-corrected chi connectivity index (χ1v) is 10.1. The molecule has 5 nitrogen and oxygen atoms in total. The van der Waals surface area contributed by atoms with Crippen LogP contribution in [0.3, 0.4) is 0 Å². The Labute approximate surface area is 155 Å². The summed E-state index contributed by atoms with van der Waals surface area (Å²) in [7, 11) is 0. The average Bonchev–Trinajstić information content (AvgIpc) is 3.42. The summed E-state index contributed by atoms with van der Waals surface area (Å²) in [4.78, 5) is 21.3. The molecule has 2 aliphatic rings. The van der Waals surface area contributed by atoms with Crippen molar-refractivity contribution in [2.45, 2.75) is 38.5 Å². The minimum atomic E-state index is 0.0621. The number of aromatic nitrogens is 1. The second-order valence-corrected chi connectivity index (χ2v) is 8.13. The number of furan rings is 1. The van der Waals surface area contributed by atoms with E-state index in [2.05, 4.69) is 0 Å². The minimum Gasteiger partial charge on any atom is -0.463 e. The highest BCUT2D eigenvalue weighted by atomic mass is 32.1. The van der Waals surface area contributed by atoms with Crippen LogP contribution in [0.25, 0.3) is 21.7 Å². The molecule has 4 heterocycles. The molecule has 6 heteroatoms. The van der Waals surface area contributed by atoms with E-state index in [1.807, 2.05) is 17.0 Å². The second-order valence-electron chi connectivity index (χ2n) is 7.13. The van der Waals surface area contributed by atoms with Crippen LogP contribution in [-0.4, -0.2) is 28.9 Å². The third-order valence-corrected chi connectivity index (χ3v) is 6.62. The van der Waals surface area contributed by atoms with E-state index in [1.165, 1.54) is 22.5 Å². The van der Waals surface area contributed by atoms with Crippen LogP contribution in [0, 0.1) is 0 Å². The summed E-state index contributed by atoms with van der Waals surface area (Å²) in [5.74, 6) is 0.858. The monoisotopic (exact) mass is 367 g/mol. The quantitative estimate of drug-likeness (QED) is 0.735. The van der Waals surface area contributed by atoms with Gasteiger partial charge in [0, 0.05) is 18.5 Å². The van der Waals surface area contributed by atoms with Crippen LogP contribution in [0.1, 0.15) is 46.5 Å². The van der Waals surface area contributed by atoms with Gasteiger partial charge >= 0.3 is 0 Å². The molecule has 26 heavy (non-hydrogen) atoms. The fourth-order valence-electron chi connectivity index (χ4n) is 4.25. The number of nitrogens with zero attached hydrogens (tertiary/aromatic N) is 2. The first-order valence-electron chi connectivity index (χ1n) is 9.31. The molecule has 1 aliphatic carbocycles. The maximum absolute atomic E-state index is 12.9. The second kappa shape index (κ2) is 6.13. The van der Waals surface area contributed by atoms with E-state index in [-0.39, 0.29) is 5.91 Å². The Kier molecular flexibility index (Phi) is 3.74. The third kappa shape index (κ3) is 2.35. The zero-order valence-corrected chi connectivity index (χ0v) is 15.4. The molecule has 134 valence electrons. The molecule has 1 saturated heterocycles. The number of anilines is 1. The van der Waals surface area contributed by atoms with Gasteiger partial charge in [0.25, 0.3) is 5.91 Å². The van der Waals surface area contributed by atoms with E-state index in [1.54, 1.807) is 6.26 Å². The van der Waals surface area contributed by atoms with E-state index in [4.69, 9.17) is 15.1 Å². The number of hydrogen-bond acceptors (Lipinski definition) is 5. The first kappa shape index (κ1) is 15.9. The number of carbonyl (C=O) groups is 1. The van der Waals surface area contributed by atoms with Crippen LogP contribution in [0.4, 0.5) is 5.69 Å². The molecule has 0 saturated carbocycles. The average molecular weight is 367 g/mol. The number of pyridine rings is 1. The van der Waals surface area contributed by atoms with Gasteiger partial charge in [-0.25, -0.2) is 4.98 Å². The van der Waals surface area contributed by atoms with Crippen LogP contribution >= 0.6 is 11.3 Å². The Hall–Kier alpha value is -2.34. The zero-order valence-electron chi connectivity index (χ0n) is 14.6. The van der Waals surface area contributed by atoms with Crippen molar-refractivity contribution >= 4 is 33.1 Å². The molecule has 0 atom stereocenters. The summed E-state index contributed by atoms with van der Waals surface area (Å²) in [5.41, 5.74) is 10.5. The SMILES string of the molecule is Nc1c(C(=O)N2CCCC2)sc2nc(-c3ccco3)c3c(c12)CCCC3. The summed E-state index contributed by atoms with van der Waals surface area (Å²) in [6, 6.07) is 3.85. The van der Waals surface area contributed by atoms with Crippen molar-refractivity contribution in [1.82, 2.24) is 9.88 Å². The van der Waals surface area contributed by atoms with Gasteiger partial charge in [-0.15, -0.1) is 11.3 Å². The van der Waals surface area contributed by atoms with Crippen molar-refractivity contribution in [3.63, 3.8) is 0 Å². The van der Waals surface area contributed by atoms with E-state index in [9.17, 15) is 4.79 Å². The third-order valence-electron chi connectivity index (χ3n) is 5.54. The largest absolute Gasteiger partial charge is 0.463 e. The molecule has 0 unspecified atom stereocenters. The number of aryl methyl sites for hydroxylation is 1. The van der Waals surface area contributed by atoms with Crippen molar-refractivity contribution in [3.05, 3.63) is 34.4 Å². The number of thiophene rings is 1. The lowest BCUT2D eigenvalue weighted by Gasteiger charge is -2.19. The van der Waals surface area contributed by atoms with Gasteiger partial charge in [-0.2, -0.15) is 0 Å². The summed E-state index contributed by atoms with van der Waals surface area (Å²) >= 11 is 1.43. The van der Waals surface area contributed by atoms with Crippen molar-refractivity contribution in [3.8, 4) is 11.5 Å². The zero-order chi connectivity index (χ0) is 17.7. The topological polar surface area (TPSA) is 72.4 Å². The van der Waals surface area contributed by atoms with Gasteiger partial charge in [0.2, 0.25) is 0 Å². The van der Waals surface area contributed by atoms with E-state index in [0.717, 1.165) is 73.3 Å². The van der Waals surface area contributed by atoms with Gasteiger partial charge in [-0.3, -0.25) is 4.79 Å². The minimum absolute atomic E-state index is 0.0621. The lowest BCUT2D eigenvalue weighted by Crippen LogP contribution is -2.27. The summed E-state index contributed by atoms with van der Waals surface area (Å²) in [5, 5.41) is 1.00. The van der Waals surface area contributed by atoms with Crippen molar-refractivity contribution in [2.75, 3.05) is 18.8 Å². The highest BCUT2D eigenvalue weighted by molar-refractivity contribution is 7.21. The van der Waals surface area contributed by atoms with E-state index >= 15 is 0 Å². The number of nitrogens with two attached hydrogens (primary N) is 1. The Morgan fingerprint density at radius 3 is 2.65 bits per heavy atom. The smallest absolute Gasteiger partial charge is 0.266 e. The number of nitrogen functional groups attached to an aromatic ring is 1. The van der Waals surface area contributed by atoms with Crippen LogP contribution in [0.15, 0.2) is 22.8 Å². The number of hydrogen-bond donors (Lipinski definition) is 1. The van der Waals surface area contributed by atoms with Gasteiger partial charge in [-0.05, 0) is 61.8 Å². The van der Waals surface area contributed by atoms with Crippen molar-refractivity contribution < 1.29 is 9.21 Å². The van der Waals surface area contributed by atoms with Gasteiger partial charge in [0.05, 0.1) is 12.0 Å². The molecule has 1 aliphatic heterocycles. The van der Waals surface area contributed by atoms with Gasteiger partial charge in [0.15, 0.2) is 5.76 Å². The standard InChI is InChI=1S/C20H21N3O2S/c21-16-15-12-6-1-2-7-13(12)17(14-8-5-11-25-14)22-19(15)26-18(16)20(24)23-9-3-4-10-23/h5,8,11H,1-4,6-7,9-10,21H2. The number of rotatable bonds is 2. The molecular formula is C20H21N3O2S. The van der Waals surface area contributed by atoms with Crippen LogP contribution in [-0.2, 0) is 12.8 Å². The molecule has 5 rings (SSSR count). The molecule has 2 N–H and O–H groups in total. The number of carbonyl (C=O) groups excluding carboxylic acids is 1. The lowest BCUT2D eigenvalue weighted by molar-refractivity contribution is 0.0798.